The molecule has 1 aromatic rings. The van der Waals surface area contributed by atoms with E-state index in [1.165, 1.54) is 0 Å². The van der Waals surface area contributed by atoms with Crippen molar-refractivity contribution in [1.29, 1.82) is 0 Å². The molecular formula is C8H9F3N2O3. The molecule has 0 aliphatic carbocycles. The number of hydrogen-bond acceptors (Lipinski definition) is 5. The molecule has 5 nitrogen and oxygen atoms in total. The molecule has 90 valence electrons. The Hall–Kier alpha value is -1.25. The summed E-state index contributed by atoms with van der Waals surface area (Å²) < 4.78 is 36.2. The largest absolute Gasteiger partial charge is 0.451 e. The second-order valence-corrected chi connectivity index (χ2v) is 3.03. The van der Waals surface area contributed by atoms with Gasteiger partial charge in [0.2, 0.25) is 5.82 Å². The van der Waals surface area contributed by atoms with Crippen molar-refractivity contribution in [3.63, 3.8) is 0 Å². The van der Waals surface area contributed by atoms with Gasteiger partial charge in [0.15, 0.2) is 0 Å². The Kier molecular flexibility index (Phi) is 3.79. The molecule has 0 saturated carbocycles. The minimum atomic E-state index is -4.65. The topological polar surface area (TPSA) is 86.5 Å². The number of nitrogens with zero attached hydrogens (tertiary/aromatic N) is 2. The van der Waals surface area contributed by atoms with Crippen LogP contribution in [0.15, 0.2) is 12.4 Å². The highest BCUT2D eigenvalue weighted by atomic mass is 19.4. The highest BCUT2D eigenvalue weighted by Gasteiger charge is 2.34. The van der Waals surface area contributed by atoms with E-state index in [-0.39, 0.29) is 5.56 Å². The maximum absolute atomic E-state index is 12.1. The minimum Gasteiger partial charge on any atom is -0.394 e. The van der Waals surface area contributed by atoms with Gasteiger partial charge in [-0.05, 0) is 0 Å². The second kappa shape index (κ2) is 4.73. The SMILES string of the molecule is OCC(O)C(O)c1cnc(C(F)(F)F)nc1. The van der Waals surface area contributed by atoms with E-state index in [2.05, 4.69) is 9.97 Å². The summed E-state index contributed by atoms with van der Waals surface area (Å²) >= 11 is 0. The summed E-state index contributed by atoms with van der Waals surface area (Å²) in [6, 6.07) is 0. The predicted octanol–water partition coefficient (Wildman–Crippen LogP) is -0.118. The van der Waals surface area contributed by atoms with E-state index in [1.54, 1.807) is 0 Å². The Morgan fingerprint density at radius 1 is 1.19 bits per heavy atom. The molecular weight excluding hydrogens is 229 g/mol. The molecule has 3 N–H and O–H groups in total. The summed E-state index contributed by atoms with van der Waals surface area (Å²) in [5, 5.41) is 26.9. The van der Waals surface area contributed by atoms with E-state index < -0.39 is 30.8 Å². The third-order valence-electron chi connectivity index (χ3n) is 1.82. The van der Waals surface area contributed by atoms with Gasteiger partial charge in [0.25, 0.3) is 0 Å². The van der Waals surface area contributed by atoms with Crippen LogP contribution in [0.2, 0.25) is 0 Å². The van der Waals surface area contributed by atoms with E-state index in [1.807, 2.05) is 0 Å². The maximum Gasteiger partial charge on any atom is 0.451 e. The van der Waals surface area contributed by atoms with Crippen molar-refractivity contribution in [3.8, 4) is 0 Å². The van der Waals surface area contributed by atoms with Crippen molar-refractivity contribution < 1.29 is 28.5 Å². The molecule has 8 heteroatoms. The molecule has 0 bridgehead atoms. The Labute approximate surface area is 88.2 Å². The molecule has 0 aliphatic rings. The van der Waals surface area contributed by atoms with Gasteiger partial charge in [-0.2, -0.15) is 13.2 Å². The Morgan fingerprint density at radius 3 is 2.06 bits per heavy atom. The van der Waals surface area contributed by atoms with Crippen molar-refractivity contribution in [2.24, 2.45) is 0 Å². The number of aliphatic hydroxyl groups is 3. The number of halogens is 3. The van der Waals surface area contributed by atoms with Crippen LogP contribution in [0.1, 0.15) is 17.5 Å². The molecule has 0 aromatic carbocycles. The van der Waals surface area contributed by atoms with E-state index in [0.717, 1.165) is 12.4 Å². The molecule has 16 heavy (non-hydrogen) atoms. The second-order valence-electron chi connectivity index (χ2n) is 3.03. The zero-order valence-electron chi connectivity index (χ0n) is 7.89. The molecule has 0 amide bonds. The summed E-state index contributed by atoms with van der Waals surface area (Å²) in [7, 11) is 0. The first-order chi connectivity index (χ1) is 7.36. The fourth-order valence-electron chi connectivity index (χ4n) is 0.959. The number of aliphatic hydroxyl groups excluding tert-OH is 3. The number of hydrogen-bond donors (Lipinski definition) is 3. The average Bonchev–Trinajstić information content (AvgIpc) is 2.26. The average molecular weight is 238 g/mol. The van der Waals surface area contributed by atoms with Gasteiger partial charge in [-0.15, -0.1) is 0 Å². The molecule has 0 saturated heterocycles. The lowest BCUT2D eigenvalue weighted by atomic mass is 10.1. The van der Waals surface area contributed by atoms with Gasteiger partial charge in [-0.25, -0.2) is 9.97 Å². The van der Waals surface area contributed by atoms with Crippen molar-refractivity contribution in [2.75, 3.05) is 6.61 Å². The fourth-order valence-corrected chi connectivity index (χ4v) is 0.959. The van der Waals surface area contributed by atoms with Gasteiger partial charge in [0.1, 0.15) is 12.2 Å². The van der Waals surface area contributed by atoms with Crippen LogP contribution in [0.4, 0.5) is 13.2 Å². The number of rotatable bonds is 3. The first-order valence-corrected chi connectivity index (χ1v) is 4.22. The lowest BCUT2D eigenvalue weighted by Gasteiger charge is -2.15. The zero-order valence-corrected chi connectivity index (χ0v) is 7.89. The van der Waals surface area contributed by atoms with Gasteiger partial charge in [-0.3, -0.25) is 0 Å². The van der Waals surface area contributed by atoms with Crippen molar-refractivity contribution in [1.82, 2.24) is 9.97 Å². The summed E-state index contributed by atoms with van der Waals surface area (Å²) in [4.78, 5) is 6.00. The minimum absolute atomic E-state index is 0.102. The predicted molar refractivity (Wildman–Crippen MR) is 45.1 cm³/mol. The van der Waals surface area contributed by atoms with Crippen LogP contribution < -0.4 is 0 Å². The van der Waals surface area contributed by atoms with E-state index in [4.69, 9.17) is 10.2 Å². The molecule has 1 aromatic heterocycles. The van der Waals surface area contributed by atoms with Crippen molar-refractivity contribution in [3.05, 3.63) is 23.8 Å². The highest BCUT2D eigenvalue weighted by molar-refractivity contribution is 5.11. The molecule has 0 spiro atoms. The summed E-state index contributed by atoms with van der Waals surface area (Å²) in [5.41, 5.74) is -0.102. The summed E-state index contributed by atoms with van der Waals surface area (Å²) in [6.45, 7) is -0.720. The van der Waals surface area contributed by atoms with Crippen molar-refractivity contribution >= 4 is 0 Å². The zero-order chi connectivity index (χ0) is 12.3. The van der Waals surface area contributed by atoms with E-state index in [0.29, 0.717) is 0 Å². The van der Waals surface area contributed by atoms with Gasteiger partial charge >= 0.3 is 6.18 Å². The van der Waals surface area contributed by atoms with Crippen molar-refractivity contribution in [2.45, 2.75) is 18.4 Å². The first-order valence-electron chi connectivity index (χ1n) is 4.22. The monoisotopic (exact) mass is 238 g/mol. The molecule has 1 heterocycles. The van der Waals surface area contributed by atoms with Crippen LogP contribution in [0.5, 0.6) is 0 Å². The number of aromatic nitrogens is 2. The molecule has 0 fully saturated rings. The van der Waals surface area contributed by atoms with Gasteiger partial charge in [0, 0.05) is 18.0 Å². The Bertz CT molecular complexity index is 341. The molecule has 2 unspecified atom stereocenters. The van der Waals surface area contributed by atoms with E-state index in [9.17, 15) is 18.3 Å². The third kappa shape index (κ3) is 2.87. The van der Waals surface area contributed by atoms with Gasteiger partial charge < -0.3 is 15.3 Å². The lowest BCUT2D eigenvalue weighted by Crippen LogP contribution is -2.23. The van der Waals surface area contributed by atoms with Crippen LogP contribution in [0.3, 0.4) is 0 Å². The van der Waals surface area contributed by atoms with Crippen LogP contribution in [-0.4, -0.2) is 38.0 Å². The highest BCUT2D eigenvalue weighted by Crippen LogP contribution is 2.26. The van der Waals surface area contributed by atoms with Crippen LogP contribution in [-0.2, 0) is 6.18 Å². The molecule has 1 rings (SSSR count). The smallest absolute Gasteiger partial charge is 0.394 e. The van der Waals surface area contributed by atoms with Crippen LogP contribution in [0.25, 0.3) is 0 Å². The lowest BCUT2D eigenvalue weighted by molar-refractivity contribution is -0.145. The molecule has 2 atom stereocenters. The first kappa shape index (κ1) is 12.8. The van der Waals surface area contributed by atoms with Gasteiger partial charge in [-0.1, -0.05) is 0 Å². The summed E-state index contributed by atoms with van der Waals surface area (Å²) in [6.07, 6.45) is -6.16. The maximum atomic E-state index is 12.1. The normalized spacial score (nSPS) is 15.9. The Morgan fingerprint density at radius 2 is 1.69 bits per heavy atom. The fraction of sp³-hybridized carbons (Fsp3) is 0.500. The Balaban J connectivity index is 2.87. The quantitative estimate of drug-likeness (QED) is 0.683. The molecule has 0 aliphatic heterocycles. The van der Waals surface area contributed by atoms with Crippen LogP contribution in [0, 0.1) is 0 Å². The standard InChI is InChI=1S/C8H9F3N2O3/c9-8(10,11)7-12-1-4(2-13-7)6(16)5(15)3-14/h1-2,5-6,14-16H,3H2. The third-order valence-corrected chi connectivity index (χ3v) is 1.82. The summed E-state index contributed by atoms with van der Waals surface area (Å²) in [5.74, 6) is -1.33. The number of alkyl halides is 3. The molecule has 0 radical (unpaired) electrons. The van der Waals surface area contributed by atoms with E-state index >= 15 is 0 Å². The van der Waals surface area contributed by atoms with Crippen LogP contribution >= 0.6 is 0 Å². The van der Waals surface area contributed by atoms with Gasteiger partial charge in [0.05, 0.1) is 6.61 Å².